The quantitative estimate of drug-likeness (QED) is 0.206. The Morgan fingerprint density at radius 3 is 2.14 bits per heavy atom. The van der Waals surface area contributed by atoms with Gasteiger partial charge in [0.05, 0.1) is 0 Å². The molecule has 0 N–H and O–H groups in total. The van der Waals surface area contributed by atoms with Gasteiger partial charge in [-0.2, -0.15) is 0 Å². The molecule has 0 bridgehead atoms. The van der Waals surface area contributed by atoms with Gasteiger partial charge in [0.15, 0.2) is 0 Å². The van der Waals surface area contributed by atoms with Crippen LogP contribution < -0.4 is 0 Å². The highest BCUT2D eigenvalue weighted by atomic mass is 19.1. The largest absolute Gasteiger partial charge is 0.459 e. The Labute approximate surface area is 287 Å². The Kier molecular flexibility index (Phi) is 10.9. The number of hydrogen-bond donors (Lipinski definition) is 0. The van der Waals surface area contributed by atoms with Gasteiger partial charge in [0.25, 0.3) is 0 Å². The summed E-state index contributed by atoms with van der Waals surface area (Å²) in [5, 5.41) is 0. The molecule has 3 aromatic rings. The van der Waals surface area contributed by atoms with Crippen LogP contribution in [0.1, 0.15) is 56.2 Å². The molecule has 1 aliphatic carbocycles. The lowest BCUT2D eigenvalue weighted by atomic mass is 9.98. The van der Waals surface area contributed by atoms with Crippen molar-refractivity contribution in [2.24, 2.45) is 0 Å². The monoisotopic (exact) mass is 669 g/mol. The maximum atomic E-state index is 14.4. The fraction of sp³-hybridized carbons (Fsp3) is 0.385. The topological polar surface area (TPSA) is 96.5 Å². The van der Waals surface area contributed by atoms with E-state index in [2.05, 4.69) is 12.1 Å². The van der Waals surface area contributed by atoms with Crippen LogP contribution >= 0.6 is 0 Å². The van der Waals surface area contributed by atoms with E-state index in [1.807, 2.05) is 48.6 Å². The van der Waals surface area contributed by atoms with Crippen LogP contribution in [-0.2, 0) is 30.3 Å². The van der Waals surface area contributed by atoms with Gasteiger partial charge < -0.3 is 19.3 Å². The summed E-state index contributed by atoms with van der Waals surface area (Å²) in [5.41, 5.74) is 4.27. The normalized spacial score (nSPS) is 17.2. The van der Waals surface area contributed by atoms with E-state index in [0.717, 1.165) is 22.3 Å². The summed E-state index contributed by atoms with van der Waals surface area (Å²) >= 11 is 0. The number of halogens is 1. The minimum Gasteiger partial charge on any atom is -0.459 e. The molecule has 2 atom stereocenters. The first kappa shape index (κ1) is 35.3. The lowest BCUT2D eigenvalue weighted by molar-refractivity contribution is -0.159. The molecular formula is C39H44FN3O6. The van der Waals surface area contributed by atoms with Crippen molar-refractivity contribution in [3.63, 3.8) is 0 Å². The molecule has 0 saturated carbocycles. The average molecular weight is 670 g/mol. The van der Waals surface area contributed by atoms with Crippen LogP contribution in [0.5, 0.6) is 0 Å². The van der Waals surface area contributed by atoms with Crippen molar-refractivity contribution in [1.82, 2.24) is 14.7 Å². The molecule has 3 aromatic carbocycles. The number of likely N-dealkylation sites (N-methyl/N-ethyl adjacent to an activating group) is 2. The van der Waals surface area contributed by atoms with Crippen LogP contribution in [0.25, 0.3) is 11.1 Å². The molecule has 0 unspecified atom stereocenters. The standard InChI is InChI=1S/C39H44FN3O6/c1-39(2,3)49-35(44)24-41(4)36(45)34(23-26-18-20-27(40)21-19-26)43-22-12-6-7-17-33(37(43)46)42(5)38(47)48-25-32-30-15-10-8-13-28(30)29-14-9-11-16-31(29)32/h6-11,13-16,18-21,32-34H,12,17,22-25H2,1-5H3/b7-6-/t33-,34-/m0/s1. The Morgan fingerprint density at radius 2 is 1.53 bits per heavy atom. The van der Waals surface area contributed by atoms with Gasteiger partial charge in [0, 0.05) is 33.0 Å². The van der Waals surface area contributed by atoms with Gasteiger partial charge in [-0.25, -0.2) is 9.18 Å². The fourth-order valence-electron chi connectivity index (χ4n) is 6.49. The van der Waals surface area contributed by atoms with Crippen molar-refractivity contribution in [2.45, 2.75) is 63.6 Å². The molecule has 10 heteroatoms. The first-order valence-electron chi connectivity index (χ1n) is 16.6. The molecule has 0 spiro atoms. The van der Waals surface area contributed by atoms with Crippen LogP contribution in [0.3, 0.4) is 0 Å². The Bertz CT molecular complexity index is 1670. The third-order valence-corrected chi connectivity index (χ3v) is 8.89. The molecule has 0 saturated heterocycles. The smallest absolute Gasteiger partial charge is 0.410 e. The number of fused-ring (bicyclic) bond motifs is 3. The third-order valence-electron chi connectivity index (χ3n) is 8.89. The van der Waals surface area contributed by atoms with E-state index in [-0.39, 0.29) is 38.5 Å². The lowest BCUT2D eigenvalue weighted by Crippen LogP contribution is -2.58. The van der Waals surface area contributed by atoms with Crippen molar-refractivity contribution in [3.8, 4) is 11.1 Å². The SMILES string of the molecule is CN(CC(=O)OC(C)(C)C)C(=O)[C@H](Cc1ccc(F)cc1)N1CC/C=C\C[C@H](N(C)C(=O)OCC2c3ccccc3-c3ccccc32)C1=O. The van der Waals surface area contributed by atoms with Crippen LogP contribution in [0, 0.1) is 5.82 Å². The van der Waals surface area contributed by atoms with Crippen molar-refractivity contribution < 1.29 is 33.0 Å². The number of ether oxygens (including phenoxy) is 2. The Balaban J connectivity index is 1.36. The summed E-state index contributed by atoms with van der Waals surface area (Å²) < 4.78 is 25.1. The lowest BCUT2D eigenvalue weighted by Gasteiger charge is -2.38. The summed E-state index contributed by atoms with van der Waals surface area (Å²) in [5.74, 6) is -2.06. The Morgan fingerprint density at radius 1 is 0.918 bits per heavy atom. The van der Waals surface area contributed by atoms with Gasteiger partial charge in [-0.05, 0) is 73.6 Å². The first-order valence-corrected chi connectivity index (χ1v) is 16.6. The van der Waals surface area contributed by atoms with E-state index >= 15 is 0 Å². The average Bonchev–Trinajstić information content (AvgIpc) is 3.37. The van der Waals surface area contributed by atoms with Crippen LogP contribution in [0.4, 0.5) is 9.18 Å². The number of carbonyl (C=O) groups is 4. The van der Waals surface area contributed by atoms with E-state index in [4.69, 9.17) is 9.47 Å². The maximum Gasteiger partial charge on any atom is 0.410 e. The van der Waals surface area contributed by atoms with Gasteiger partial charge in [-0.15, -0.1) is 0 Å². The molecule has 3 amide bonds. The van der Waals surface area contributed by atoms with E-state index in [0.29, 0.717) is 12.0 Å². The second kappa shape index (κ2) is 15.1. The molecule has 2 aliphatic rings. The summed E-state index contributed by atoms with van der Waals surface area (Å²) in [4.78, 5) is 58.7. The van der Waals surface area contributed by atoms with Gasteiger partial charge in [0.2, 0.25) is 11.8 Å². The van der Waals surface area contributed by atoms with Gasteiger partial charge in [0.1, 0.15) is 36.7 Å². The van der Waals surface area contributed by atoms with Gasteiger partial charge >= 0.3 is 12.1 Å². The predicted molar refractivity (Wildman–Crippen MR) is 184 cm³/mol. The molecule has 0 radical (unpaired) electrons. The molecular weight excluding hydrogens is 625 g/mol. The van der Waals surface area contributed by atoms with Crippen molar-refractivity contribution >= 4 is 23.9 Å². The number of carbonyl (C=O) groups excluding carboxylic acids is 4. The summed E-state index contributed by atoms with van der Waals surface area (Å²) in [6, 6.07) is 19.9. The molecule has 0 aromatic heterocycles. The van der Waals surface area contributed by atoms with Crippen molar-refractivity contribution in [2.75, 3.05) is 33.8 Å². The zero-order valence-electron chi connectivity index (χ0n) is 28.7. The number of rotatable bonds is 9. The van der Waals surface area contributed by atoms with Gasteiger partial charge in [-0.1, -0.05) is 72.8 Å². The minimum absolute atomic E-state index is 0.0780. The number of nitrogens with zero attached hydrogens (tertiary/aromatic N) is 3. The van der Waals surface area contributed by atoms with Crippen LogP contribution in [-0.4, -0.2) is 90.1 Å². The number of esters is 1. The van der Waals surface area contributed by atoms with E-state index in [1.54, 1.807) is 32.9 Å². The number of amides is 3. The predicted octanol–water partition coefficient (Wildman–Crippen LogP) is 5.97. The van der Waals surface area contributed by atoms with Crippen molar-refractivity contribution in [3.05, 3.63) is 107 Å². The van der Waals surface area contributed by atoms with E-state index in [9.17, 15) is 23.6 Å². The maximum absolute atomic E-state index is 14.4. The van der Waals surface area contributed by atoms with Gasteiger partial charge in [-0.3, -0.25) is 19.3 Å². The fourth-order valence-corrected chi connectivity index (χ4v) is 6.49. The molecule has 0 fully saturated rings. The molecule has 5 rings (SSSR count). The van der Waals surface area contributed by atoms with Crippen LogP contribution in [0.15, 0.2) is 84.9 Å². The summed E-state index contributed by atoms with van der Waals surface area (Å²) in [7, 11) is 3.01. The highest BCUT2D eigenvalue weighted by Gasteiger charge is 2.39. The highest BCUT2D eigenvalue weighted by Crippen LogP contribution is 2.44. The second-order valence-corrected chi connectivity index (χ2v) is 13.6. The third kappa shape index (κ3) is 8.36. The highest BCUT2D eigenvalue weighted by molar-refractivity contribution is 5.93. The van der Waals surface area contributed by atoms with Crippen molar-refractivity contribution in [1.29, 1.82) is 0 Å². The Hall–Kier alpha value is -4.99. The second-order valence-electron chi connectivity index (χ2n) is 13.6. The van der Waals surface area contributed by atoms with E-state index in [1.165, 1.54) is 40.9 Å². The summed E-state index contributed by atoms with van der Waals surface area (Å²) in [6.45, 7) is 5.19. The first-order chi connectivity index (χ1) is 23.3. The zero-order chi connectivity index (χ0) is 35.3. The molecule has 9 nitrogen and oxygen atoms in total. The van der Waals surface area contributed by atoms with Crippen LogP contribution in [0.2, 0.25) is 0 Å². The summed E-state index contributed by atoms with van der Waals surface area (Å²) in [6.07, 6.45) is 3.91. The number of hydrogen-bond acceptors (Lipinski definition) is 6. The molecule has 49 heavy (non-hydrogen) atoms. The molecule has 258 valence electrons. The van der Waals surface area contributed by atoms with E-state index < -0.39 is 47.4 Å². The molecule has 1 heterocycles. The number of benzene rings is 3. The molecule has 1 aliphatic heterocycles. The zero-order valence-corrected chi connectivity index (χ0v) is 28.7. The minimum atomic E-state index is -1.03.